The van der Waals surface area contributed by atoms with E-state index >= 15 is 4.79 Å². The van der Waals surface area contributed by atoms with E-state index in [1.165, 1.54) is 16.5 Å². The second-order valence-electron chi connectivity index (χ2n) is 21.8. The lowest BCUT2D eigenvalue weighted by molar-refractivity contribution is -0.158. The molecule has 0 radical (unpaired) electrons. The number of phenols is 1. The van der Waals surface area contributed by atoms with Crippen molar-refractivity contribution >= 4 is 40.5 Å². The van der Waals surface area contributed by atoms with Crippen LogP contribution >= 0.6 is 0 Å². The molecule has 14 nitrogen and oxygen atoms in total. The number of likely N-dealkylation sites (N-methyl/N-ethyl adjacent to an activating group) is 1. The number of likely N-dealkylation sites (tertiary alicyclic amines) is 1. The molecule has 2 saturated heterocycles. The van der Waals surface area contributed by atoms with Crippen LogP contribution in [0.4, 0.5) is 0 Å². The first-order chi connectivity index (χ1) is 33.3. The Bertz CT molecular complexity index is 2670. The lowest BCUT2D eigenvalue weighted by atomic mass is 9.75. The fourth-order valence-corrected chi connectivity index (χ4v) is 11.9. The first-order valence-electron chi connectivity index (χ1n) is 25.3. The molecule has 5 atom stereocenters. The average molecular weight is 956 g/mol. The minimum Gasteiger partial charge on any atom is -0.508 e. The number of fused-ring (bicyclic) bond motifs is 6. The van der Waals surface area contributed by atoms with Crippen molar-refractivity contribution in [3.63, 3.8) is 0 Å². The van der Waals surface area contributed by atoms with Gasteiger partial charge >= 0.3 is 5.97 Å². The molecular weight excluding hydrogens is 883 g/mol. The molecule has 4 aromatic rings. The quantitative estimate of drug-likeness (QED) is 0.112. The van der Waals surface area contributed by atoms with Gasteiger partial charge < -0.3 is 34.4 Å². The van der Waals surface area contributed by atoms with Gasteiger partial charge in [-0.1, -0.05) is 71.0 Å². The van der Waals surface area contributed by atoms with Crippen molar-refractivity contribution in [2.45, 2.75) is 117 Å². The molecule has 1 unspecified atom stereocenters. The smallest absolute Gasteiger partial charge is 0.324 e. The highest BCUT2D eigenvalue weighted by molar-refractivity contribution is 5.96. The predicted octanol–water partition coefficient (Wildman–Crippen LogP) is 7.10. The Morgan fingerprint density at radius 3 is 2.47 bits per heavy atom. The van der Waals surface area contributed by atoms with Crippen LogP contribution in [0.3, 0.4) is 0 Å². The number of nitrogens with one attached hydrogen (secondary N) is 2. The number of aryl methyl sites for hydroxylation is 1. The zero-order valence-corrected chi connectivity index (χ0v) is 42.5. The Kier molecular flexibility index (Phi) is 14.7. The number of hydrazine groups is 1. The Hall–Kier alpha value is -5.99. The number of phenolic OH excluding ortho intramolecular Hbond substituents is 1. The number of aromatic nitrogens is 1. The van der Waals surface area contributed by atoms with Gasteiger partial charge in [-0.05, 0) is 142 Å². The van der Waals surface area contributed by atoms with Crippen molar-refractivity contribution < 1.29 is 33.8 Å². The number of hydrogen-bond donors (Lipinski definition) is 3. The number of cyclic esters (lactones) is 1. The molecule has 3 aliphatic heterocycles. The molecule has 1 spiro atoms. The summed E-state index contributed by atoms with van der Waals surface area (Å²) < 4.78 is 8.58. The fourth-order valence-electron chi connectivity index (χ4n) is 11.9. The van der Waals surface area contributed by atoms with Crippen LogP contribution in [0.5, 0.6) is 5.75 Å². The molecule has 1 aromatic heterocycles. The number of hydrogen-bond acceptors (Lipinski definition) is 9. The number of carbonyl (C=O) groups excluding carboxylic acids is 5. The van der Waals surface area contributed by atoms with E-state index in [0.29, 0.717) is 58.0 Å². The van der Waals surface area contributed by atoms with Crippen LogP contribution in [0.1, 0.15) is 89.8 Å². The Labute approximate surface area is 413 Å². The summed E-state index contributed by atoms with van der Waals surface area (Å²) in [4.78, 5) is 76.0. The number of amides is 4. The number of esters is 1. The second-order valence-corrected chi connectivity index (χ2v) is 21.8. The Morgan fingerprint density at radius 1 is 0.957 bits per heavy atom. The maximum atomic E-state index is 15.5. The molecule has 14 heteroatoms. The van der Waals surface area contributed by atoms with E-state index in [1.807, 2.05) is 13.8 Å². The first-order valence-corrected chi connectivity index (χ1v) is 25.3. The normalized spacial score (nSPS) is 23.1. The van der Waals surface area contributed by atoms with Gasteiger partial charge in [-0.3, -0.25) is 29.0 Å². The number of carbonyl (C=O) groups is 5. The molecule has 70 heavy (non-hydrogen) atoms. The van der Waals surface area contributed by atoms with E-state index in [-0.39, 0.29) is 54.9 Å². The molecule has 3 fully saturated rings. The summed E-state index contributed by atoms with van der Waals surface area (Å²) in [5, 5.41) is 17.5. The molecule has 3 N–H and O–H groups in total. The average Bonchev–Trinajstić information content (AvgIpc) is 4.06. The highest BCUT2D eigenvalue weighted by Crippen LogP contribution is 2.46. The Morgan fingerprint density at radius 2 is 1.74 bits per heavy atom. The minimum atomic E-state index is -1.18. The maximum absolute atomic E-state index is 15.5. The molecule has 3 aromatic carbocycles. The van der Waals surface area contributed by atoms with Crippen molar-refractivity contribution in [3.8, 4) is 28.1 Å². The predicted molar refractivity (Wildman–Crippen MR) is 272 cm³/mol. The van der Waals surface area contributed by atoms with Gasteiger partial charge in [0.15, 0.2) is 0 Å². The second kappa shape index (κ2) is 20.4. The molecule has 374 valence electrons. The third kappa shape index (κ3) is 10.1. The third-order valence-electron chi connectivity index (χ3n) is 15.2. The lowest BCUT2D eigenvalue weighted by Gasteiger charge is -2.42. The van der Waals surface area contributed by atoms with Crippen LogP contribution in [-0.4, -0.2) is 124 Å². The summed E-state index contributed by atoms with van der Waals surface area (Å²) >= 11 is 0. The van der Waals surface area contributed by atoms with E-state index in [9.17, 15) is 24.3 Å². The highest BCUT2D eigenvalue weighted by atomic mass is 16.5. The van der Waals surface area contributed by atoms with Crippen molar-refractivity contribution in [1.82, 2.24) is 35.0 Å². The molecule has 1 saturated carbocycles. The molecule has 1 aliphatic carbocycles. The fraction of sp³-hybridized carbons (Fsp3) is 0.518. The number of benzene rings is 3. The van der Waals surface area contributed by atoms with Crippen LogP contribution in [0.25, 0.3) is 33.3 Å². The summed E-state index contributed by atoms with van der Waals surface area (Å²) in [6.07, 6.45) is 5.20. The molecule has 4 heterocycles. The van der Waals surface area contributed by atoms with Gasteiger partial charge in [0.05, 0.1) is 23.6 Å². The van der Waals surface area contributed by atoms with Crippen molar-refractivity contribution in [2.24, 2.45) is 22.7 Å². The standard InChI is InChI=1S/C56H73N7O7/c1-10-48(65)61-24-21-40(33-61)52(67)60(9)49(35(3)4)51(66)57-47-18-13-22-56(47)30-37-26-41(28-42(64)27-37)38-19-20-46-43(29-38)44(50(62(46)11-2)39-16-12-15-36(25-39)32-59(7)8)31-55(5,6)34-70-53(68)45-17-14-23-63(58-45)54(56)69/h10,12,15-16,19-20,25-29,35,40,45,47,49,58,64H,1,11,13-14,17-18,21-24,30-34H2,2-9H3,(H,57,66)/t40-,45-,47?,49-,56+/m0/s1. The van der Waals surface area contributed by atoms with Crippen LogP contribution in [0, 0.1) is 22.7 Å². The molecular formula is C56H73N7O7. The maximum Gasteiger partial charge on any atom is 0.324 e. The van der Waals surface area contributed by atoms with Gasteiger partial charge in [0.25, 0.3) is 0 Å². The van der Waals surface area contributed by atoms with E-state index in [0.717, 1.165) is 57.5 Å². The van der Waals surface area contributed by atoms with E-state index in [2.05, 4.69) is 110 Å². The molecule has 4 aliphatic rings. The largest absolute Gasteiger partial charge is 0.508 e. The van der Waals surface area contributed by atoms with Gasteiger partial charge in [-0.25, -0.2) is 5.43 Å². The van der Waals surface area contributed by atoms with Crippen LogP contribution in [0.15, 0.2) is 73.3 Å². The number of aromatic hydroxyl groups is 1. The SMILES string of the molecule is C=CC(=O)N1CC[C@H](C(=O)N(C)[C@H](C(=O)NC2CCC[C@@]23Cc2cc(O)cc(c2)-c2ccc4c(c2)c(c(-c2cccc(CN(C)C)c2)n4CC)CC(C)(C)COC(=O)[C@@H]2CCCN(N2)C3=O)C(C)C)C1. The number of ether oxygens (including phenoxy) is 1. The van der Waals surface area contributed by atoms with Crippen molar-refractivity contribution in [1.29, 1.82) is 0 Å². The highest BCUT2D eigenvalue weighted by Gasteiger charge is 2.53. The third-order valence-corrected chi connectivity index (χ3v) is 15.2. The van der Waals surface area contributed by atoms with Gasteiger partial charge in [0, 0.05) is 62.1 Å². The van der Waals surface area contributed by atoms with Crippen LogP contribution < -0.4 is 10.7 Å². The minimum absolute atomic E-state index is 0.0632. The summed E-state index contributed by atoms with van der Waals surface area (Å²) in [6, 6.07) is 18.5. The monoisotopic (exact) mass is 956 g/mol. The lowest BCUT2D eigenvalue weighted by Crippen LogP contribution is -2.63. The molecule has 6 bridgehead atoms. The van der Waals surface area contributed by atoms with E-state index in [1.54, 1.807) is 29.1 Å². The topological polar surface area (TPSA) is 157 Å². The molecule has 4 amide bonds. The summed E-state index contributed by atoms with van der Waals surface area (Å²) in [5.41, 5.74) is 9.73. The summed E-state index contributed by atoms with van der Waals surface area (Å²) in [5.74, 6) is -2.12. The van der Waals surface area contributed by atoms with E-state index in [4.69, 9.17) is 4.74 Å². The van der Waals surface area contributed by atoms with Crippen LogP contribution in [0.2, 0.25) is 0 Å². The van der Waals surface area contributed by atoms with Gasteiger partial charge in [-0.15, -0.1) is 0 Å². The first kappa shape index (κ1) is 50.4. The number of rotatable bonds is 10. The van der Waals surface area contributed by atoms with Crippen molar-refractivity contribution in [3.05, 3.63) is 90.0 Å². The van der Waals surface area contributed by atoms with Crippen molar-refractivity contribution in [2.75, 3.05) is 47.4 Å². The zero-order chi connectivity index (χ0) is 50.2. The van der Waals surface area contributed by atoms with Gasteiger partial charge in [-0.2, -0.15) is 0 Å². The number of nitrogens with zero attached hydrogens (tertiary/aromatic N) is 5. The summed E-state index contributed by atoms with van der Waals surface area (Å²) in [7, 11) is 5.78. The van der Waals surface area contributed by atoms with Gasteiger partial charge in [0.1, 0.15) is 17.8 Å². The van der Waals surface area contributed by atoms with E-state index < -0.39 is 40.8 Å². The molecule has 8 rings (SSSR count). The van der Waals surface area contributed by atoms with Crippen LogP contribution in [-0.2, 0) is 54.6 Å². The zero-order valence-electron chi connectivity index (χ0n) is 42.5. The van der Waals surface area contributed by atoms with Gasteiger partial charge in [0.2, 0.25) is 23.6 Å². The Balaban J connectivity index is 1.20. The summed E-state index contributed by atoms with van der Waals surface area (Å²) in [6.45, 7) is 16.5.